The molecule has 1 aliphatic rings. The molecule has 2 aromatic carbocycles. The lowest BCUT2D eigenvalue weighted by molar-refractivity contribution is -0.150. The van der Waals surface area contributed by atoms with Crippen LogP contribution < -0.4 is 10.6 Å². The van der Waals surface area contributed by atoms with Crippen LogP contribution in [0.3, 0.4) is 0 Å². The number of hydrogen-bond acceptors (Lipinski definition) is 6. The number of rotatable bonds is 6. The minimum Gasteiger partial charge on any atom is -0.468 e. The van der Waals surface area contributed by atoms with E-state index in [0.29, 0.717) is 11.3 Å². The Balaban J connectivity index is 1.90. The highest BCUT2D eigenvalue weighted by Gasteiger charge is 2.44. The molecule has 2 aromatic rings. The maximum atomic E-state index is 12.9. The lowest BCUT2D eigenvalue weighted by Gasteiger charge is -2.31. The van der Waals surface area contributed by atoms with E-state index in [9.17, 15) is 19.6 Å². The Morgan fingerprint density at radius 3 is 2.44 bits per heavy atom. The number of halogens is 2. The summed E-state index contributed by atoms with van der Waals surface area (Å²) in [6, 6.07) is 13.0. The molecule has 34 heavy (non-hydrogen) atoms. The third kappa shape index (κ3) is 5.71. The van der Waals surface area contributed by atoms with Gasteiger partial charge in [0.05, 0.1) is 29.5 Å². The molecule has 7 nitrogen and oxygen atoms in total. The SMILES string of the molecule is COC(=O)[C@@H]1C(=O)NC(SCC(=O)Nc2c(C)cc(Br)cc2C)=C(C#N)[C@@H]1c1cccc(Br)c1. The van der Waals surface area contributed by atoms with E-state index in [4.69, 9.17) is 4.74 Å². The molecule has 1 aliphatic heterocycles. The minimum atomic E-state index is -1.22. The fourth-order valence-corrected chi connectivity index (χ4v) is 5.75. The number of benzene rings is 2. The summed E-state index contributed by atoms with van der Waals surface area (Å²) in [7, 11) is 1.20. The van der Waals surface area contributed by atoms with Gasteiger partial charge in [0.1, 0.15) is 5.92 Å². The fourth-order valence-electron chi connectivity index (χ4n) is 3.80. The Hall–Kier alpha value is -2.61. The first-order valence-corrected chi connectivity index (χ1v) is 12.7. The summed E-state index contributed by atoms with van der Waals surface area (Å²) in [5.74, 6) is -3.71. The monoisotopic (exact) mass is 605 g/mol. The fraction of sp³-hybridized carbons (Fsp3) is 0.250. The molecule has 0 saturated heterocycles. The highest BCUT2D eigenvalue weighted by Crippen LogP contribution is 2.40. The Bertz CT molecular complexity index is 1220. The highest BCUT2D eigenvalue weighted by molar-refractivity contribution is 9.10. The van der Waals surface area contributed by atoms with E-state index in [1.807, 2.05) is 26.0 Å². The van der Waals surface area contributed by atoms with Crippen LogP contribution in [0, 0.1) is 31.1 Å². The molecule has 0 unspecified atom stereocenters. The zero-order valence-electron chi connectivity index (χ0n) is 18.6. The summed E-state index contributed by atoms with van der Waals surface area (Å²) in [4.78, 5) is 38.1. The number of ether oxygens (including phenoxy) is 1. The lowest BCUT2D eigenvalue weighted by atomic mass is 9.78. The molecule has 10 heteroatoms. The van der Waals surface area contributed by atoms with Crippen molar-refractivity contribution in [2.45, 2.75) is 19.8 Å². The lowest BCUT2D eigenvalue weighted by Crippen LogP contribution is -2.44. The van der Waals surface area contributed by atoms with Crippen molar-refractivity contribution in [1.29, 1.82) is 5.26 Å². The number of nitrogens with zero attached hydrogens (tertiary/aromatic N) is 1. The van der Waals surface area contributed by atoms with Crippen LogP contribution in [0.2, 0.25) is 0 Å². The van der Waals surface area contributed by atoms with Crippen LogP contribution in [0.15, 0.2) is 55.9 Å². The second-order valence-corrected chi connectivity index (χ2v) is 10.4. The molecule has 2 N–H and O–H groups in total. The molecule has 3 rings (SSSR count). The summed E-state index contributed by atoms with van der Waals surface area (Å²) >= 11 is 7.87. The molecular weight excluding hydrogens is 586 g/mol. The average molecular weight is 607 g/mol. The second-order valence-electron chi connectivity index (χ2n) is 7.63. The van der Waals surface area contributed by atoms with Gasteiger partial charge in [0.25, 0.3) is 0 Å². The van der Waals surface area contributed by atoms with Crippen LogP contribution in [-0.4, -0.2) is 30.6 Å². The number of esters is 1. The molecule has 0 fully saturated rings. The summed E-state index contributed by atoms with van der Waals surface area (Å²) in [6.45, 7) is 3.79. The van der Waals surface area contributed by atoms with Crippen LogP contribution in [0.25, 0.3) is 0 Å². The molecular formula is C24H21Br2N3O4S. The number of allylic oxidation sites excluding steroid dienone is 1. The predicted molar refractivity (Wildman–Crippen MR) is 138 cm³/mol. The number of thioether (sulfide) groups is 1. The van der Waals surface area contributed by atoms with Gasteiger partial charge in [-0.15, -0.1) is 0 Å². The Morgan fingerprint density at radius 2 is 1.85 bits per heavy atom. The van der Waals surface area contributed by atoms with Gasteiger partial charge in [0.15, 0.2) is 0 Å². The molecule has 0 spiro atoms. The van der Waals surface area contributed by atoms with E-state index in [1.165, 1.54) is 7.11 Å². The molecule has 0 radical (unpaired) electrons. The normalized spacial score (nSPS) is 17.6. The van der Waals surface area contributed by atoms with E-state index in [1.54, 1.807) is 24.3 Å². The van der Waals surface area contributed by atoms with Gasteiger partial charge >= 0.3 is 5.97 Å². The number of aryl methyl sites for hydroxylation is 2. The van der Waals surface area contributed by atoms with Gasteiger partial charge in [-0.05, 0) is 54.8 Å². The zero-order chi connectivity index (χ0) is 25.0. The van der Waals surface area contributed by atoms with Gasteiger partial charge < -0.3 is 15.4 Å². The van der Waals surface area contributed by atoms with Crippen LogP contribution in [0.5, 0.6) is 0 Å². The van der Waals surface area contributed by atoms with Gasteiger partial charge in [0, 0.05) is 20.6 Å². The molecule has 0 aliphatic carbocycles. The van der Waals surface area contributed by atoms with Gasteiger partial charge in [-0.1, -0.05) is 55.8 Å². The number of nitriles is 1. The van der Waals surface area contributed by atoms with E-state index in [-0.39, 0.29) is 22.3 Å². The van der Waals surface area contributed by atoms with E-state index in [0.717, 1.165) is 31.8 Å². The average Bonchev–Trinajstić information content (AvgIpc) is 2.79. The van der Waals surface area contributed by atoms with Crippen molar-refractivity contribution in [3.8, 4) is 6.07 Å². The Labute approximate surface area is 218 Å². The maximum absolute atomic E-state index is 12.9. The van der Waals surface area contributed by atoms with E-state index >= 15 is 0 Å². The predicted octanol–water partition coefficient (Wildman–Crippen LogP) is 4.94. The molecule has 0 aromatic heterocycles. The van der Waals surface area contributed by atoms with Crippen molar-refractivity contribution in [2.24, 2.45) is 5.92 Å². The third-order valence-corrected chi connectivity index (χ3v) is 7.27. The summed E-state index contributed by atoms with van der Waals surface area (Å²) in [5.41, 5.74) is 3.34. The van der Waals surface area contributed by atoms with E-state index in [2.05, 4.69) is 48.6 Å². The van der Waals surface area contributed by atoms with Gasteiger partial charge in [-0.2, -0.15) is 5.26 Å². The molecule has 1 heterocycles. The molecule has 2 amide bonds. The van der Waals surface area contributed by atoms with Crippen LogP contribution in [0.4, 0.5) is 5.69 Å². The molecule has 0 bridgehead atoms. The smallest absolute Gasteiger partial charge is 0.319 e. The Morgan fingerprint density at radius 1 is 1.18 bits per heavy atom. The zero-order valence-corrected chi connectivity index (χ0v) is 22.6. The first-order valence-electron chi connectivity index (χ1n) is 10.1. The number of hydrogen-bond donors (Lipinski definition) is 2. The highest BCUT2D eigenvalue weighted by atomic mass is 79.9. The first kappa shape index (κ1) is 26.0. The topological polar surface area (TPSA) is 108 Å². The van der Waals surface area contributed by atoms with Crippen LogP contribution in [-0.2, 0) is 19.1 Å². The van der Waals surface area contributed by atoms with Gasteiger partial charge in [0.2, 0.25) is 11.8 Å². The standard InChI is InChI=1S/C24H21Br2N3O4S/c1-12-7-16(26)8-13(2)21(12)28-18(30)11-34-23-17(10-27)19(14-5-4-6-15(25)9-14)20(22(31)29-23)24(32)33-3/h4-9,19-20H,11H2,1-3H3,(H,28,30)(H,29,31)/t19-,20-/m0/s1. The number of carbonyl (C=O) groups is 3. The maximum Gasteiger partial charge on any atom is 0.319 e. The summed E-state index contributed by atoms with van der Waals surface area (Å²) in [5, 5.41) is 15.8. The number of nitrogens with one attached hydrogen (secondary N) is 2. The van der Waals surface area contributed by atoms with Crippen molar-refractivity contribution >= 4 is 67.1 Å². The number of amides is 2. The van der Waals surface area contributed by atoms with Crippen molar-refractivity contribution in [3.63, 3.8) is 0 Å². The largest absolute Gasteiger partial charge is 0.468 e. The van der Waals surface area contributed by atoms with Crippen LogP contribution >= 0.6 is 43.6 Å². The second kappa shape index (κ2) is 11.2. The molecule has 2 atom stereocenters. The minimum absolute atomic E-state index is 0.0379. The van der Waals surface area contributed by atoms with Gasteiger partial charge in [-0.3, -0.25) is 14.4 Å². The number of methoxy groups -OCH3 is 1. The summed E-state index contributed by atoms with van der Waals surface area (Å²) in [6.07, 6.45) is 0. The third-order valence-electron chi connectivity index (χ3n) is 5.30. The quantitative estimate of drug-likeness (QED) is 0.356. The Kier molecular flexibility index (Phi) is 8.57. The van der Waals surface area contributed by atoms with Gasteiger partial charge in [-0.25, -0.2) is 0 Å². The van der Waals surface area contributed by atoms with Crippen molar-refractivity contribution in [1.82, 2.24) is 5.32 Å². The number of carbonyl (C=O) groups excluding carboxylic acids is 3. The van der Waals surface area contributed by atoms with Crippen molar-refractivity contribution < 1.29 is 19.1 Å². The van der Waals surface area contributed by atoms with E-state index < -0.39 is 23.7 Å². The van der Waals surface area contributed by atoms with Crippen molar-refractivity contribution in [3.05, 3.63) is 72.6 Å². The molecule has 0 saturated carbocycles. The summed E-state index contributed by atoms with van der Waals surface area (Å²) < 4.78 is 6.51. The first-order chi connectivity index (χ1) is 16.2. The van der Waals surface area contributed by atoms with Crippen molar-refractivity contribution in [2.75, 3.05) is 18.2 Å². The molecule has 176 valence electrons. The number of anilines is 1. The van der Waals surface area contributed by atoms with Crippen LogP contribution in [0.1, 0.15) is 22.6 Å².